The Morgan fingerprint density at radius 1 is 1.29 bits per heavy atom. The third-order valence-corrected chi connectivity index (χ3v) is 4.07. The van der Waals surface area contributed by atoms with E-state index in [2.05, 4.69) is 0 Å². The first-order valence-corrected chi connectivity index (χ1v) is 6.37. The molecule has 0 atom stereocenters. The molecule has 0 radical (unpaired) electrons. The Labute approximate surface area is 105 Å². The number of benzene rings is 1. The van der Waals surface area contributed by atoms with E-state index in [1.165, 1.54) is 12.8 Å². The van der Waals surface area contributed by atoms with E-state index in [9.17, 15) is 9.90 Å². The fourth-order valence-corrected chi connectivity index (χ4v) is 3.02. The zero-order valence-electron chi connectivity index (χ0n) is 9.45. The van der Waals surface area contributed by atoms with Crippen LogP contribution in [0.1, 0.15) is 41.6 Å². The fraction of sp³-hybridized carbons (Fsp3) is 0.462. The predicted octanol–water partition coefficient (Wildman–Crippen LogP) is 2.94. The number of fused-ring (bicyclic) bond motifs is 1. The van der Waals surface area contributed by atoms with E-state index in [-0.39, 0.29) is 16.7 Å². The Morgan fingerprint density at radius 3 is 2.71 bits per heavy atom. The van der Waals surface area contributed by atoms with Gasteiger partial charge >= 0.3 is 0 Å². The summed E-state index contributed by atoms with van der Waals surface area (Å²) < 4.78 is 0. The predicted molar refractivity (Wildman–Crippen MR) is 65.2 cm³/mol. The molecule has 90 valence electrons. The van der Waals surface area contributed by atoms with Gasteiger partial charge in [0, 0.05) is 18.2 Å². The van der Waals surface area contributed by atoms with Crippen LogP contribution >= 0.6 is 11.6 Å². The van der Waals surface area contributed by atoms with Gasteiger partial charge in [0.25, 0.3) is 5.91 Å². The summed E-state index contributed by atoms with van der Waals surface area (Å²) in [5, 5.41) is 9.81. The van der Waals surface area contributed by atoms with Crippen LogP contribution in [0, 0.1) is 0 Å². The molecule has 1 saturated carbocycles. The maximum Gasteiger partial charge on any atom is 0.254 e. The Kier molecular flexibility index (Phi) is 2.51. The number of hydrogen-bond acceptors (Lipinski definition) is 2. The molecule has 0 saturated heterocycles. The van der Waals surface area contributed by atoms with Gasteiger partial charge in [0.1, 0.15) is 5.75 Å². The second kappa shape index (κ2) is 3.91. The van der Waals surface area contributed by atoms with Gasteiger partial charge in [-0.25, -0.2) is 0 Å². The fourth-order valence-electron chi connectivity index (χ4n) is 2.86. The van der Waals surface area contributed by atoms with Gasteiger partial charge in [-0.3, -0.25) is 4.79 Å². The molecule has 4 heteroatoms. The number of carbonyl (C=O) groups excluding carboxylic acids is 1. The lowest BCUT2D eigenvalue weighted by Crippen LogP contribution is -2.33. The summed E-state index contributed by atoms with van der Waals surface area (Å²) >= 11 is 5.84. The van der Waals surface area contributed by atoms with Crippen LogP contribution in [0.5, 0.6) is 5.75 Å². The summed E-state index contributed by atoms with van der Waals surface area (Å²) in [5.74, 6) is 0.125. The molecule has 17 heavy (non-hydrogen) atoms. The highest BCUT2D eigenvalue weighted by molar-refractivity contribution is 6.32. The van der Waals surface area contributed by atoms with Crippen LogP contribution in [0.15, 0.2) is 12.1 Å². The number of amides is 1. The van der Waals surface area contributed by atoms with Crippen LogP contribution in [0.25, 0.3) is 0 Å². The first kappa shape index (κ1) is 10.9. The van der Waals surface area contributed by atoms with E-state index in [0.29, 0.717) is 18.2 Å². The van der Waals surface area contributed by atoms with Crippen molar-refractivity contribution in [2.24, 2.45) is 0 Å². The monoisotopic (exact) mass is 251 g/mol. The molecule has 1 aromatic rings. The average molecular weight is 252 g/mol. The van der Waals surface area contributed by atoms with E-state index in [1.54, 1.807) is 12.1 Å². The lowest BCUT2D eigenvalue weighted by molar-refractivity contribution is 0.0707. The average Bonchev–Trinajstić information content (AvgIpc) is 2.90. The van der Waals surface area contributed by atoms with Crippen LogP contribution in [0.2, 0.25) is 5.02 Å². The van der Waals surface area contributed by atoms with Gasteiger partial charge in [-0.15, -0.1) is 0 Å². The molecule has 1 heterocycles. The minimum atomic E-state index is 0.0616. The van der Waals surface area contributed by atoms with Crippen molar-refractivity contribution in [1.29, 1.82) is 0 Å². The number of phenolic OH excluding ortho intramolecular Hbond substituents is 1. The van der Waals surface area contributed by atoms with Crippen molar-refractivity contribution in [2.75, 3.05) is 0 Å². The maximum atomic E-state index is 12.2. The molecule has 2 aliphatic rings. The van der Waals surface area contributed by atoms with Crippen LogP contribution in [0.3, 0.4) is 0 Å². The zero-order valence-corrected chi connectivity index (χ0v) is 10.2. The van der Waals surface area contributed by atoms with E-state index >= 15 is 0 Å². The Bertz CT molecular complexity index is 481. The Hall–Kier alpha value is -1.22. The molecule has 0 spiro atoms. The number of phenols is 1. The quantitative estimate of drug-likeness (QED) is 0.834. The first-order chi connectivity index (χ1) is 8.16. The largest absolute Gasteiger partial charge is 0.506 e. The number of aromatic hydroxyl groups is 1. The lowest BCUT2D eigenvalue weighted by Gasteiger charge is -2.23. The first-order valence-electron chi connectivity index (χ1n) is 5.99. The van der Waals surface area contributed by atoms with Crippen LogP contribution in [0.4, 0.5) is 0 Å². The van der Waals surface area contributed by atoms with Gasteiger partial charge in [0.2, 0.25) is 0 Å². The number of rotatable bonds is 1. The van der Waals surface area contributed by atoms with E-state index < -0.39 is 0 Å². The third kappa shape index (κ3) is 1.69. The molecule has 0 unspecified atom stereocenters. The van der Waals surface area contributed by atoms with Crippen molar-refractivity contribution >= 4 is 17.5 Å². The minimum absolute atomic E-state index is 0.0616. The van der Waals surface area contributed by atoms with Crippen molar-refractivity contribution in [1.82, 2.24) is 4.90 Å². The topological polar surface area (TPSA) is 40.5 Å². The molecule has 1 aliphatic heterocycles. The summed E-state index contributed by atoms with van der Waals surface area (Å²) in [6, 6.07) is 3.57. The van der Waals surface area contributed by atoms with E-state index in [0.717, 1.165) is 18.4 Å². The summed E-state index contributed by atoms with van der Waals surface area (Å²) in [7, 11) is 0. The van der Waals surface area contributed by atoms with E-state index in [4.69, 9.17) is 11.6 Å². The number of hydrogen-bond donors (Lipinski definition) is 1. The lowest BCUT2D eigenvalue weighted by atomic mass is 10.1. The van der Waals surface area contributed by atoms with Crippen molar-refractivity contribution < 1.29 is 9.90 Å². The van der Waals surface area contributed by atoms with Gasteiger partial charge in [0.15, 0.2) is 0 Å². The van der Waals surface area contributed by atoms with Gasteiger partial charge in [-0.2, -0.15) is 0 Å². The van der Waals surface area contributed by atoms with Gasteiger partial charge in [0.05, 0.1) is 5.02 Å². The van der Waals surface area contributed by atoms with Crippen LogP contribution < -0.4 is 0 Å². The Balaban J connectivity index is 1.94. The van der Waals surface area contributed by atoms with Crippen LogP contribution in [-0.2, 0) is 6.54 Å². The second-order valence-electron chi connectivity index (χ2n) is 4.83. The Morgan fingerprint density at radius 2 is 2.00 bits per heavy atom. The smallest absolute Gasteiger partial charge is 0.254 e. The molecule has 0 bridgehead atoms. The van der Waals surface area contributed by atoms with E-state index in [1.807, 2.05) is 4.90 Å². The molecule has 1 amide bonds. The van der Waals surface area contributed by atoms with Crippen molar-refractivity contribution in [3.63, 3.8) is 0 Å². The number of halogens is 1. The van der Waals surface area contributed by atoms with Crippen LogP contribution in [-0.4, -0.2) is 22.0 Å². The standard InChI is InChI=1S/C13H14ClNO2/c14-11-6-10-8(5-12(11)16)7-15(13(10)17)9-3-1-2-4-9/h5-6,9,16H,1-4,7H2. The molecule has 1 N–H and O–H groups in total. The summed E-state index contributed by atoms with van der Waals surface area (Å²) in [4.78, 5) is 14.2. The zero-order chi connectivity index (χ0) is 12.0. The van der Waals surface area contributed by atoms with Crippen molar-refractivity contribution in [2.45, 2.75) is 38.3 Å². The molecule has 0 aromatic heterocycles. The SMILES string of the molecule is O=C1c2cc(Cl)c(O)cc2CN1C1CCCC1. The highest BCUT2D eigenvalue weighted by atomic mass is 35.5. The molecule has 1 aliphatic carbocycles. The molecular weight excluding hydrogens is 238 g/mol. The summed E-state index contributed by atoms with van der Waals surface area (Å²) in [6.07, 6.45) is 4.60. The number of nitrogens with zero attached hydrogens (tertiary/aromatic N) is 1. The second-order valence-corrected chi connectivity index (χ2v) is 5.24. The highest BCUT2D eigenvalue weighted by Crippen LogP contribution is 2.35. The summed E-state index contributed by atoms with van der Waals surface area (Å²) in [6.45, 7) is 0.615. The highest BCUT2D eigenvalue weighted by Gasteiger charge is 2.34. The molecule has 1 aromatic carbocycles. The van der Waals surface area contributed by atoms with Gasteiger partial charge in [-0.1, -0.05) is 24.4 Å². The molecule has 3 nitrogen and oxygen atoms in total. The normalized spacial score (nSPS) is 20.1. The third-order valence-electron chi connectivity index (χ3n) is 3.77. The molecular formula is C13H14ClNO2. The maximum absolute atomic E-state index is 12.2. The summed E-state index contributed by atoms with van der Waals surface area (Å²) in [5.41, 5.74) is 1.54. The molecule has 3 rings (SSSR count). The molecule has 1 fully saturated rings. The van der Waals surface area contributed by atoms with Gasteiger partial charge in [-0.05, 0) is 30.5 Å². The minimum Gasteiger partial charge on any atom is -0.506 e. The van der Waals surface area contributed by atoms with Gasteiger partial charge < -0.3 is 10.0 Å². The van der Waals surface area contributed by atoms with Crippen molar-refractivity contribution in [3.05, 3.63) is 28.3 Å². The number of carbonyl (C=O) groups is 1. The van der Waals surface area contributed by atoms with Crippen molar-refractivity contribution in [3.8, 4) is 5.75 Å².